The zero-order valence-corrected chi connectivity index (χ0v) is 35.8. The van der Waals surface area contributed by atoms with E-state index in [1.807, 2.05) is 0 Å². The highest BCUT2D eigenvalue weighted by molar-refractivity contribution is 5.69. The minimum Gasteiger partial charge on any atom is -0.457 e. The van der Waals surface area contributed by atoms with Gasteiger partial charge >= 0.3 is 5.97 Å². The molecule has 0 aromatic rings. The second-order valence-electron chi connectivity index (χ2n) is 15.8. The molecule has 0 saturated carbocycles. The van der Waals surface area contributed by atoms with E-state index in [1.54, 1.807) is 0 Å². The Hall–Kier alpha value is -1.39. The summed E-state index contributed by atoms with van der Waals surface area (Å²) in [5, 5.41) is 9.62. The van der Waals surface area contributed by atoms with Gasteiger partial charge in [0.15, 0.2) is 0 Å². The number of carbonyl (C=O) groups excluding carboxylic acids is 1. The summed E-state index contributed by atoms with van der Waals surface area (Å²) in [5.41, 5.74) is 0. The Balaban J connectivity index is 3.41. The highest BCUT2D eigenvalue weighted by atomic mass is 16.6. The second-order valence-corrected chi connectivity index (χ2v) is 15.8. The third kappa shape index (κ3) is 44.9. The first-order chi connectivity index (χ1) is 26.2. The molecular weight excluding hydrogens is 653 g/mol. The second kappa shape index (κ2) is 46.8. The summed E-state index contributed by atoms with van der Waals surface area (Å²) in [6.45, 7) is 5.37. The lowest BCUT2D eigenvalue weighted by Crippen LogP contribution is -2.27. The van der Waals surface area contributed by atoms with Crippen LogP contribution in [0.3, 0.4) is 0 Å². The molecule has 0 rings (SSSR count). The maximum Gasteiger partial charge on any atom is 0.306 e. The molecule has 0 bridgehead atoms. The first kappa shape index (κ1) is 51.6. The average molecular weight is 745 g/mol. The number of hydrogen-bond donors (Lipinski definition) is 1. The molecular formula is C49H92O4. The standard InChI is InChI=1S/C49H92O4/c1-3-5-7-9-11-13-15-17-19-21-22-23-24-25-26-27-28-29-30-32-34-36-38-40-42-44-49(51)53-48(46-50)47-52-45-43-41-39-37-35-33-31-20-18-16-14-12-10-8-6-4-2/h15,17,21-22,24-25,48,50H,3-14,16,18-20,23,26-47H2,1-2H3/b17-15-,22-21-,25-24-. The van der Waals surface area contributed by atoms with Crippen LogP contribution in [-0.4, -0.2) is 37.0 Å². The number of ether oxygens (including phenoxy) is 2. The van der Waals surface area contributed by atoms with Gasteiger partial charge in [-0.2, -0.15) is 0 Å². The molecule has 312 valence electrons. The smallest absolute Gasteiger partial charge is 0.306 e. The van der Waals surface area contributed by atoms with E-state index in [0.29, 0.717) is 19.6 Å². The summed E-state index contributed by atoms with van der Waals surface area (Å²) in [6, 6.07) is 0. The number of aliphatic hydroxyl groups is 1. The van der Waals surface area contributed by atoms with Gasteiger partial charge < -0.3 is 14.6 Å². The largest absolute Gasteiger partial charge is 0.457 e. The summed E-state index contributed by atoms with van der Waals surface area (Å²) in [5.74, 6) is -0.201. The van der Waals surface area contributed by atoms with Gasteiger partial charge in [-0.25, -0.2) is 0 Å². The number of esters is 1. The van der Waals surface area contributed by atoms with E-state index in [2.05, 4.69) is 50.3 Å². The summed E-state index contributed by atoms with van der Waals surface area (Å²) in [6.07, 6.45) is 59.3. The third-order valence-electron chi connectivity index (χ3n) is 10.5. The summed E-state index contributed by atoms with van der Waals surface area (Å²) in [4.78, 5) is 12.2. The zero-order chi connectivity index (χ0) is 38.4. The highest BCUT2D eigenvalue weighted by Crippen LogP contribution is 2.15. The maximum absolute atomic E-state index is 12.2. The molecule has 0 spiro atoms. The van der Waals surface area contributed by atoms with Gasteiger partial charge in [-0.05, 0) is 51.4 Å². The minimum absolute atomic E-state index is 0.170. The van der Waals surface area contributed by atoms with Gasteiger partial charge in [0, 0.05) is 13.0 Å². The number of allylic oxidation sites excluding steroid dienone is 6. The van der Waals surface area contributed by atoms with Crippen molar-refractivity contribution in [3.8, 4) is 0 Å². The Morgan fingerprint density at radius 2 is 0.792 bits per heavy atom. The molecule has 0 heterocycles. The van der Waals surface area contributed by atoms with E-state index >= 15 is 0 Å². The van der Waals surface area contributed by atoms with E-state index in [9.17, 15) is 9.90 Å². The SMILES string of the molecule is CCCCCCC/C=C\C/C=C\C/C=C\CCCCCCCCCCCCC(=O)OC(CO)COCCCCCCCCCCCCCCCCCC. The fourth-order valence-corrected chi connectivity index (χ4v) is 6.93. The third-order valence-corrected chi connectivity index (χ3v) is 10.5. The van der Waals surface area contributed by atoms with Gasteiger partial charge in [-0.15, -0.1) is 0 Å². The van der Waals surface area contributed by atoms with E-state index in [4.69, 9.17) is 9.47 Å². The van der Waals surface area contributed by atoms with Gasteiger partial charge in [0.2, 0.25) is 0 Å². The van der Waals surface area contributed by atoms with Crippen LogP contribution in [0.15, 0.2) is 36.5 Å². The first-order valence-corrected chi connectivity index (χ1v) is 23.6. The number of carbonyl (C=O) groups is 1. The molecule has 1 atom stereocenters. The van der Waals surface area contributed by atoms with Crippen molar-refractivity contribution >= 4 is 5.97 Å². The lowest BCUT2D eigenvalue weighted by atomic mass is 10.0. The molecule has 0 aromatic carbocycles. The number of unbranched alkanes of at least 4 members (excludes halogenated alkanes) is 30. The molecule has 0 aliphatic heterocycles. The van der Waals surface area contributed by atoms with Crippen LogP contribution in [0.25, 0.3) is 0 Å². The normalized spacial score (nSPS) is 12.6. The topological polar surface area (TPSA) is 55.8 Å². The van der Waals surface area contributed by atoms with Crippen molar-refractivity contribution in [3.05, 3.63) is 36.5 Å². The van der Waals surface area contributed by atoms with Crippen LogP contribution in [0, 0.1) is 0 Å². The monoisotopic (exact) mass is 745 g/mol. The summed E-state index contributed by atoms with van der Waals surface area (Å²) >= 11 is 0. The predicted molar refractivity (Wildman–Crippen MR) is 233 cm³/mol. The minimum atomic E-state index is -0.534. The summed E-state index contributed by atoms with van der Waals surface area (Å²) in [7, 11) is 0. The molecule has 0 amide bonds. The van der Waals surface area contributed by atoms with Crippen LogP contribution in [0.4, 0.5) is 0 Å². The van der Waals surface area contributed by atoms with Crippen LogP contribution in [0.2, 0.25) is 0 Å². The molecule has 1 unspecified atom stereocenters. The Bertz CT molecular complexity index is 787. The van der Waals surface area contributed by atoms with Crippen LogP contribution in [-0.2, 0) is 14.3 Å². The molecule has 53 heavy (non-hydrogen) atoms. The number of hydrogen-bond acceptors (Lipinski definition) is 4. The molecule has 0 radical (unpaired) electrons. The maximum atomic E-state index is 12.2. The Morgan fingerprint density at radius 3 is 1.19 bits per heavy atom. The molecule has 4 nitrogen and oxygen atoms in total. The van der Waals surface area contributed by atoms with Gasteiger partial charge in [-0.3, -0.25) is 4.79 Å². The number of rotatable bonds is 44. The molecule has 0 fully saturated rings. The fraction of sp³-hybridized carbons (Fsp3) is 0.857. The van der Waals surface area contributed by atoms with Crippen molar-refractivity contribution in [1.29, 1.82) is 0 Å². The van der Waals surface area contributed by atoms with E-state index in [1.165, 1.54) is 193 Å². The highest BCUT2D eigenvalue weighted by Gasteiger charge is 2.13. The van der Waals surface area contributed by atoms with E-state index < -0.39 is 6.10 Å². The van der Waals surface area contributed by atoms with E-state index in [0.717, 1.165) is 32.1 Å². The Morgan fingerprint density at radius 1 is 0.453 bits per heavy atom. The summed E-state index contributed by atoms with van der Waals surface area (Å²) < 4.78 is 11.2. The van der Waals surface area contributed by atoms with Gasteiger partial charge in [0.1, 0.15) is 6.10 Å². The van der Waals surface area contributed by atoms with Crippen LogP contribution >= 0.6 is 0 Å². The molecule has 4 heteroatoms. The fourth-order valence-electron chi connectivity index (χ4n) is 6.93. The molecule has 0 aliphatic carbocycles. The molecule has 0 aliphatic rings. The van der Waals surface area contributed by atoms with Crippen LogP contribution in [0.1, 0.15) is 245 Å². The Labute approximate surface area is 331 Å². The quantitative estimate of drug-likeness (QED) is 0.0383. The molecule has 0 aromatic heterocycles. The van der Waals surface area contributed by atoms with Crippen molar-refractivity contribution < 1.29 is 19.4 Å². The van der Waals surface area contributed by atoms with Crippen LogP contribution in [0.5, 0.6) is 0 Å². The van der Waals surface area contributed by atoms with Gasteiger partial charge in [0.25, 0.3) is 0 Å². The van der Waals surface area contributed by atoms with E-state index in [-0.39, 0.29) is 12.6 Å². The van der Waals surface area contributed by atoms with Gasteiger partial charge in [0.05, 0.1) is 13.2 Å². The lowest BCUT2D eigenvalue weighted by Gasteiger charge is -2.16. The lowest BCUT2D eigenvalue weighted by molar-refractivity contribution is -0.154. The van der Waals surface area contributed by atoms with Crippen molar-refractivity contribution in [3.63, 3.8) is 0 Å². The van der Waals surface area contributed by atoms with Gasteiger partial charge in [-0.1, -0.05) is 224 Å². The van der Waals surface area contributed by atoms with Crippen molar-refractivity contribution in [2.45, 2.75) is 251 Å². The molecule has 0 saturated heterocycles. The van der Waals surface area contributed by atoms with Crippen molar-refractivity contribution in [2.24, 2.45) is 0 Å². The number of aliphatic hydroxyl groups excluding tert-OH is 1. The first-order valence-electron chi connectivity index (χ1n) is 23.6. The van der Waals surface area contributed by atoms with Crippen molar-refractivity contribution in [1.82, 2.24) is 0 Å². The Kier molecular flexibility index (Phi) is 45.5. The molecule has 1 N–H and O–H groups in total. The van der Waals surface area contributed by atoms with Crippen LogP contribution < -0.4 is 0 Å². The average Bonchev–Trinajstić information content (AvgIpc) is 3.16. The predicted octanol–water partition coefficient (Wildman–Crippen LogP) is 15.7. The zero-order valence-electron chi connectivity index (χ0n) is 35.8. The van der Waals surface area contributed by atoms with Crippen molar-refractivity contribution in [2.75, 3.05) is 19.8 Å².